The van der Waals surface area contributed by atoms with Crippen molar-refractivity contribution in [3.05, 3.63) is 78.0 Å². The fraction of sp³-hybridized carbons (Fsp3) is 0.261. The maximum atomic E-state index is 5.43. The second kappa shape index (κ2) is 9.54. The number of aromatic nitrogens is 2. The van der Waals surface area contributed by atoms with E-state index in [1.54, 1.807) is 0 Å². The molecule has 1 aliphatic rings. The van der Waals surface area contributed by atoms with Crippen molar-refractivity contribution in [1.82, 2.24) is 15.3 Å². The van der Waals surface area contributed by atoms with Crippen molar-refractivity contribution < 1.29 is 0 Å². The van der Waals surface area contributed by atoms with Crippen molar-refractivity contribution in [3.8, 4) is 0 Å². The summed E-state index contributed by atoms with van der Waals surface area (Å²) in [6.07, 6.45) is 0. The molecule has 0 atom stereocenters. The minimum absolute atomic E-state index is 0.518. The zero-order chi connectivity index (χ0) is 20.8. The standard InChI is InChI=1S/C23H26N6S/c1-18-16-21(29-14-12-28(13-15-29)20-10-6-3-7-11-20)26-22(25-18)27-23(30)24-17-19-8-4-2-5-9-19/h2-11,16H,12-15,17H2,1H3,(H2,24,25,26,27,30). The van der Waals surface area contributed by atoms with Crippen LogP contribution in [0.2, 0.25) is 0 Å². The highest BCUT2D eigenvalue weighted by molar-refractivity contribution is 7.80. The number of aryl methyl sites for hydroxylation is 1. The summed E-state index contributed by atoms with van der Waals surface area (Å²) < 4.78 is 0. The van der Waals surface area contributed by atoms with Crippen LogP contribution in [0, 0.1) is 6.92 Å². The predicted octanol–water partition coefficient (Wildman–Crippen LogP) is 3.60. The van der Waals surface area contributed by atoms with Gasteiger partial charge in [-0.2, -0.15) is 4.98 Å². The molecular formula is C23H26N6S. The molecule has 0 unspecified atom stereocenters. The summed E-state index contributed by atoms with van der Waals surface area (Å²) in [5, 5.41) is 6.86. The second-order valence-corrected chi connectivity index (χ2v) is 7.70. The number of benzene rings is 2. The van der Waals surface area contributed by atoms with E-state index in [4.69, 9.17) is 17.2 Å². The number of thiocarbonyl (C=S) groups is 1. The molecule has 0 amide bonds. The van der Waals surface area contributed by atoms with Crippen molar-refractivity contribution in [2.24, 2.45) is 0 Å². The van der Waals surface area contributed by atoms with Crippen LogP contribution < -0.4 is 20.4 Å². The Morgan fingerprint density at radius 2 is 1.53 bits per heavy atom. The van der Waals surface area contributed by atoms with Crippen molar-refractivity contribution >= 4 is 34.8 Å². The van der Waals surface area contributed by atoms with Crippen LogP contribution in [0.25, 0.3) is 0 Å². The van der Waals surface area contributed by atoms with Crippen LogP contribution in [0.4, 0.5) is 17.5 Å². The normalized spacial score (nSPS) is 13.8. The van der Waals surface area contributed by atoms with Gasteiger partial charge >= 0.3 is 0 Å². The average Bonchev–Trinajstić information content (AvgIpc) is 2.79. The molecule has 2 N–H and O–H groups in total. The van der Waals surface area contributed by atoms with E-state index >= 15 is 0 Å². The van der Waals surface area contributed by atoms with Gasteiger partial charge in [0.15, 0.2) is 5.11 Å². The topological polar surface area (TPSA) is 56.3 Å². The fourth-order valence-electron chi connectivity index (χ4n) is 3.53. The lowest BCUT2D eigenvalue weighted by molar-refractivity contribution is 0.647. The van der Waals surface area contributed by atoms with E-state index in [-0.39, 0.29) is 0 Å². The average molecular weight is 419 g/mol. The Hall–Kier alpha value is -3.19. The number of para-hydroxylation sites is 1. The van der Waals surface area contributed by atoms with Gasteiger partial charge in [-0.3, -0.25) is 0 Å². The molecule has 4 rings (SSSR count). The first-order valence-corrected chi connectivity index (χ1v) is 10.6. The minimum atomic E-state index is 0.518. The number of anilines is 3. The number of nitrogens with zero attached hydrogens (tertiary/aromatic N) is 4. The monoisotopic (exact) mass is 418 g/mol. The SMILES string of the molecule is Cc1cc(N2CCN(c3ccccc3)CC2)nc(NC(=S)NCc2ccccc2)n1. The van der Waals surface area contributed by atoms with E-state index < -0.39 is 0 Å². The molecule has 1 fully saturated rings. The van der Waals surface area contributed by atoms with Gasteiger partial charge in [0.05, 0.1) is 0 Å². The Bertz CT molecular complexity index is 971. The first-order chi connectivity index (χ1) is 14.7. The lowest BCUT2D eigenvalue weighted by atomic mass is 10.2. The molecule has 1 saturated heterocycles. The minimum Gasteiger partial charge on any atom is -0.368 e. The third kappa shape index (κ3) is 5.24. The molecule has 0 saturated carbocycles. The quantitative estimate of drug-likeness (QED) is 0.614. The maximum Gasteiger partial charge on any atom is 0.231 e. The number of nitrogens with one attached hydrogen (secondary N) is 2. The van der Waals surface area contributed by atoms with Crippen molar-refractivity contribution in [2.45, 2.75) is 13.5 Å². The predicted molar refractivity (Wildman–Crippen MR) is 127 cm³/mol. The van der Waals surface area contributed by atoms with E-state index in [1.807, 2.05) is 31.2 Å². The smallest absolute Gasteiger partial charge is 0.231 e. The molecule has 1 aliphatic heterocycles. The molecule has 7 heteroatoms. The van der Waals surface area contributed by atoms with Gasteiger partial charge in [0.2, 0.25) is 5.95 Å². The van der Waals surface area contributed by atoms with Gasteiger partial charge in [-0.15, -0.1) is 0 Å². The summed E-state index contributed by atoms with van der Waals surface area (Å²) in [5.74, 6) is 1.46. The zero-order valence-corrected chi connectivity index (χ0v) is 17.9. The van der Waals surface area contributed by atoms with Gasteiger partial charge < -0.3 is 20.4 Å². The van der Waals surface area contributed by atoms with Crippen LogP contribution in [0.15, 0.2) is 66.7 Å². The molecule has 6 nitrogen and oxygen atoms in total. The Balaban J connectivity index is 1.35. The number of rotatable bonds is 5. The summed E-state index contributed by atoms with van der Waals surface area (Å²) in [4.78, 5) is 13.9. The van der Waals surface area contributed by atoms with Crippen LogP contribution in [0.5, 0.6) is 0 Å². The molecule has 0 bridgehead atoms. The van der Waals surface area contributed by atoms with Crippen molar-refractivity contribution in [3.63, 3.8) is 0 Å². The first kappa shape index (κ1) is 20.1. The van der Waals surface area contributed by atoms with Crippen LogP contribution in [0.3, 0.4) is 0 Å². The summed E-state index contributed by atoms with van der Waals surface area (Å²) in [6.45, 7) is 6.41. The third-order valence-electron chi connectivity index (χ3n) is 5.09. The molecule has 154 valence electrons. The van der Waals surface area contributed by atoms with Crippen molar-refractivity contribution in [2.75, 3.05) is 41.3 Å². The van der Waals surface area contributed by atoms with Gasteiger partial charge in [-0.25, -0.2) is 4.98 Å². The number of piperazine rings is 1. The van der Waals surface area contributed by atoms with Crippen molar-refractivity contribution in [1.29, 1.82) is 0 Å². The van der Waals surface area contributed by atoms with Crippen LogP contribution in [0.1, 0.15) is 11.3 Å². The van der Waals surface area contributed by atoms with Crippen LogP contribution in [-0.4, -0.2) is 41.3 Å². The summed E-state index contributed by atoms with van der Waals surface area (Å²) >= 11 is 5.43. The van der Waals surface area contributed by atoms with E-state index in [2.05, 4.69) is 67.9 Å². The van der Waals surface area contributed by atoms with Gasteiger partial charge in [-0.05, 0) is 36.8 Å². The van der Waals surface area contributed by atoms with Crippen LogP contribution in [-0.2, 0) is 6.54 Å². The molecule has 0 radical (unpaired) electrons. The van der Waals surface area contributed by atoms with E-state index in [0.29, 0.717) is 17.6 Å². The molecule has 1 aromatic heterocycles. The van der Waals surface area contributed by atoms with Crippen LogP contribution >= 0.6 is 12.2 Å². The highest BCUT2D eigenvalue weighted by atomic mass is 32.1. The second-order valence-electron chi connectivity index (χ2n) is 7.29. The number of hydrogen-bond acceptors (Lipinski definition) is 5. The van der Waals surface area contributed by atoms with Gasteiger partial charge in [0.1, 0.15) is 5.82 Å². The Morgan fingerprint density at radius 1 is 0.900 bits per heavy atom. The maximum absolute atomic E-state index is 5.43. The highest BCUT2D eigenvalue weighted by Gasteiger charge is 2.19. The molecule has 30 heavy (non-hydrogen) atoms. The molecule has 2 aromatic carbocycles. The summed E-state index contributed by atoms with van der Waals surface area (Å²) in [6, 6.07) is 22.7. The summed E-state index contributed by atoms with van der Waals surface area (Å²) in [7, 11) is 0. The zero-order valence-electron chi connectivity index (χ0n) is 17.1. The Kier molecular flexibility index (Phi) is 6.39. The molecule has 0 spiro atoms. The molecular weight excluding hydrogens is 392 g/mol. The Morgan fingerprint density at radius 3 is 2.23 bits per heavy atom. The first-order valence-electron chi connectivity index (χ1n) is 10.2. The van der Waals surface area contributed by atoms with E-state index in [0.717, 1.165) is 37.7 Å². The lowest BCUT2D eigenvalue weighted by Crippen LogP contribution is -2.47. The molecule has 3 aromatic rings. The lowest BCUT2D eigenvalue weighted by Gasteiger charge is -2.36. The van der Waals surface area contributed by atoms with Gasteiger partial charge in [0, 0.05) is 50.2 Å². The van der Waals surface area contributed by atoms with E-state index in [1.165, 1.54) is 11.3 Å². The molecule has 2 heterocycles. The Labute approximate surface area is 183 Å². The van der Waals surface area contributed by atoms with Gasteiger partial charge in [-0.1, -0.05) is 48.5 Å². The highest BCUT2D eigenvalue weighted by Crippen LogP contribution is 2.20. The summed E-state index contributed by atoms with van der Waals surface area (Å²) in [5.41, 5.74) is 3.36. The number of hydrogen-bond donors (Lipinski definition) is 2. The van der Waals surface area contributed by atoms with Gasteiger partial charge in [0.25, 0.3) is 0 Å². The molecule has 0 aliphatic carbocycles. The fourth-order valence-corrected chi connectivity index (χ4v) is 3.69. The largest absolute Gasteiger partial charge is 0.368 e. The van der Waals surface area contributed by atoms with E-state index in [9.17, 15) is 0 Å². The third-order valence-corrected chi connectivity index (χ3v) is 5.33.